The van der Waals surface area contributed by atoms with Crippen LogP contribution < -0.4 is 0 Å². The second-order valence-electron chi connectivity index (χ2n) is 10.8. The van der Waals surface area contributed by atoms with Crippen LogP contribution in [-0.4, -0.2) is 71.2 Å². The number of carbonyl (C=O) groups excluding carboxylic acids is 1. The zero-order valence-corrected chi connectivity index (χ0v) is 17.1. The lowest BCUT2D eigenvalue weighted by Crippen LogP contribution is -2.76. The highest BCUT2D eigenvalue weighted by Gasteiger charge is 2.84. The number of aliphatic hydroxyl groups excluding tert-OH is 1. The van der Waals surface area contributed by atoms with Gasteiger partial charge in [-0.15, -0.1) is 0 Å². The van der Waals surface area contributed by atoms with Crippen molar-refractivity contribution in [2.75, 3.05) is 20.2 Å². The summed E-state index contributed by atoms with van der Waals surface area (Å²) < 4.78 is 11.9. The molecule has 0 aromatic heterocycles. The van der Waals surface area contributed by atoms with E-state index in [1.807, 2.05) is 0 Å². The lowest BCUT2D eigenvalue weighted by atomic mass is 9.42. The predicted octanol–water partition coefficient (Wildman–Crippen LogP) is 1.19. The minimum atomic E-state index is -1.17. The number of fused-ring (bicyclic) bond motifs is 2. The van der Waals surface area contributed by atoms with Gasteiger partial charge in [0.15, 0.2) is 0 Å². The fourth-order valence-corrected chi connectivity index (χ4v) is 9.64. The summed E-state index contributed by atoms with van der Waals surface area (Å²) in [6.07, 6.45) is 3.38. The molecular formula is C22H33NO5. The average molecular weight is 392 g/mol. The zero-order chi connectivity index (χ0) is 19.6. The van der Waals surface area contributed by atoms with Gasteiger partial charge in [-0.2, -0.15) is 0 Å². The van der Waals surface area contributed by atoms with Gasteiger partial charge in [-0.1, -0.05) is 13.8 Å². The number of likely N-dealkylation sites (tertiary alicyclic amines) is 1. The molecule has 156 valence electrons. The monoisotopic (exact) mass is 391 g/mol. The van der Waals surface area contributed by atoms with Gasteiger partial charge in [0.1, 0.15) is 6.10 Å². The number of rotatable bonds is 2. The van der Waals surface area contributed by atoms with Crippen molar-refractivity contribution in [1.82, 2.24) is 4.90 Å². The Balaban J connectivity index is 1.66. The Bertz CT molecular complexity index is 730. The van der Waals surface area contributed by atoms with Crippen LogP contribution in [0.2, 0.25) is 0 Å². The first-order chi connectivity index (χ1) is 13.3. The van der Waals surface area contributed by atoms with Crippen molar-refractivity contribution in [3.05, 3.63) is 0 Å². The molecule has 6 heteroatoms. The van der Waals surface area contributed by atoms with E-state index in [1.54, 1.807) is 7.11 Å². The molecule has 0 aromatic rings. The largest absolute Gasteiger partial charge is 0.462 e. The number of hydrogen-bond donors (Lipinski definition) is 2. The van der Waals surface area contributed by atoms with Crippen LogP contribution in [0.25, 0.3) is 0 Å². The molecule has 3 heterocycles. The van der Waals surface area contributed by atoms with E-state index < -0.39 is 17.6 Å². The average Bonchev–Trinajstić information content (AvgIpc) is 2.73. The lowest BCUT2D eigenvalue weighted by Gasteiger charge is -2.69. The van der Waals surface area contributed by atoms with Gasteiger partial charge in [0, 0.05) is 36.9 Å². The Kier molecular flexibility index (Phi) is 3.44. The Labute approximate surface area is 166 Å². The molecule has 11 atom stereocenters. The van der Waals surface area contributed by atoms with Crippen LogP contribution in [0.1, 0.15) is 46.0 Å². The molecule has 4 aliphatic carbocycles. The van der Waals surface area contributed by atoms with E-state index in [9.17, 15) is 15.0 Å². The van der Waals surface area contributed by atoms with Crippen LogP contribution in [0.3, 0.4) is 0 Å². The van der Waals surface area contributed by atoms with E-state index in [2.05, 4.69) is 18.7 Å². The number of esters is 1. The standard InChI is InChI=1S/C22H33NO5/c1-4-23-10-20(2)7-6-13(27-3)22-12-9-11-5-8-21(26,14(12)19(25)28-11)15(18(22)23)16(24)17(20)22/h11-18,24,26H,4-10H2,1-3H3/t11-,12+,13?,14+,15-,16+,17+,18?,20?,21+,22?/m0/s1. The molecule has 0 aromatic carbocycles. The smallest absolute Gasteiger partial charge is 0.312 e. The van der Waals surface area contributed by atoms with E-state index in [0.29, 0.717) is 12.8 Å². The third-order valence-corrected chi connectivity index (χ3v) is 10.1. The van der Waals surface area contributed by atoms with Crippen molar-refractivity contribution < 1.29 is 24.5 Å². The molecule has 3 saturated heterocycles. The fraction of sp³-hybridized carbons (Fsp3) is 0.955. The molecule has 28 heavy (non-hydrogen) atoms. The van der Waals surface area contributed by atoms with E-state index in [0.717, 1.165) is 32.4 Å². The second kappa shape index (κ2) is 5.32. The first-order valence-corrected chi connectivity index (χ1v) is 11.2. The quantitative estimate of drug-likeness (QED) is 0.689. The second-order valence-corrected chi connectivity index (χ2v) is 10.8. The Morgan fingerprint density at radius 1 is 1.32 bits per heavy atom. The SMILES string of the molecule is CCN1CC2(C)CCC(OC)C34C1[C@H]([C@@H](O)[C@H]23)[C@@]1(O)CC[C@H]2C[C@@H]4[C@@H]1C(=O)O2. The Morgan fingerprint density at radius 3 is 2.82 bits per heavy atom. The molecule has 6 nitrogen and oxygen atoms in total. The van der Waals surface area contributed by atoms with E-state index in [1.165, 1.54) is 0 Å². The summed E-state index contributed by atoms with van der Waals surface area (Å²) in [7, 11) is 1.79. The van der Waals surface area contributed by atoms with Gasteiger partial charge < -0.3 is 19.7 Å². The molecule has 7 aliphatic rings. The highest BCUT2D eigenvalue weighted by atomic mass is 16.5. The van der Waals surface area contributed by atoms with Crippen molar-refractivity contribution in [2.24, 2.45) is 34.5 Å². The molecule has 4 unspecified atom stereocenters. The summed E-state index contributed by atoms with van der Waals surface area (Å²) in [4.78, 5) is 15.6. The fourth-order valence-electron chi connectivity index (χ4n) is 9.64. The summed E-state index contributed by atoms with van der Waals surface area (Å²) in [5, 5.41) is 23.9. The minimum absolute atomic E-state index is 0.0123. The first-order valence-electron chi connectivity index (χ1n) is 11.2. The third kappa shape index (κ3) is 1.68. The van der Waals surface area contributed by atoms with Gasteiger partial charge in [0.05, 0.1) is 23.7 Å². The van der Waals surface area contributed by atoms with Crippen molar-refractivity contribution in [3.63, 3.8) is 0 Å². The molecule has 3 aliphatic heterocycles. The molecule has 1 spiro atoms. The number of aliphatic hydroxyl groups is 2. The molecule has 4 saturated carbocycles. The maximum atomic E-state index is 13.1. The van der Waals surface area contributed by atoms with Gasteiger partial charge in [-0.3, -0.25) is 9.69 Å². The maximum Gasteiger partial charge on any atom is 0.312 e. The Morgan fingerprint density at radius 2 is 2.11 bits per heavy atom. The van der Waals surface area contributed by atoms with Gasteiger partial charge in [-0.05, 0) is 50.0 Å². The normalized spacial score (nSPS) is 61.8. The third-order valence-electron chi connectivity index (χ3n) is 10.1. The zero-order valence-electron chi connectivity index (χ0n) is 17.1. The number of nitrogens with zero attached hydrogens (tertiary/aromatic N) is 1. The van der Waals surface area contributed by atoms with Gasteiger partial charge in [0.2, 0.25) is 0 Å². The Hall–Kier alpha value is -0.690. The van der Waals surface area contributed by atoms with Crippen molar-refractivity contribution in [2.45, 2.75) is 75.9 Å². The summed E-state index contributed by atoms with van der Waals surface area (Å²) >= 11 is 0. The molecule has 0 radical (unpaired) electrons. The summed E-state index contributed by atoms with van der Waals surface area (Å²) in [6, 6.07) is 0.0757. The van der Waals surface area contributed by atoms with Gasteiger partial charge in [0.25, 0.3) is 0 Å². The van der Waals surface area contributed by atoms with Crippen LogP contribution in [0.15, 0.2) is 0 Å². The highest BCUT2D eigenvalue weighted by Crippen LogP contribution is 2.77. The number of hydrogen-bond acceptors (Lipinski definition) is 6. The summed E-state index contributed by atoms with van der Waals surface area (Å²) in [5.41, 5.74) is -1.46. The van der Waals surface area contributed by atoms with Crippen LogP contribution >= 0.6 is 0 Å². The topological polar surface area (TPSA) is 79.2 Å². The first kappa shape index (κ1) is 18.1. The molecule has 0 amide bonds. The number of methoxy groups -OCH3 is 1. The summed E-state index contributed by atoms with van der Waals surface area (Å²) in [5.74, 6) is -0.969. The van der Waals surface area contributed by atoms with Crippen LogP contribution in [0.4, 0.5) is 0 Å². The van der Waals surface area contributed by atoms with E-state index in [-0.39, 0.29) is 52.8 Å². The molecule has 9 bridgehead atoms. The lowest BCUT2D eigenvalue weighted by molar-refractivity contribution is -0.269. The van der Waals surface area contributed by atoms with E-state index >= 15 is 0 Å². The molecule has 2 N–H and O–H groups in total. The van der Waals surface area contributed by atoms with Gasteiger partial charge in [-0.25, -0.2) is 0 Å². The van der Waals surface area contributed by atoms with Crippen molar-refractivity contribution in [1.29, 1.82) is 0 Å². The minimum Gasteiger partial charge on any atom is -0.462 e. The highest BCUT2D eigenvalue weighted by molar-refractivity contribution is 5.77. The van der Waals surface area contributed by atoms with Gasteiger partial charge >= 0.3 is 5.97 Å². The van der Waals surface area contributed by atoms with Crippen LogP contribution in [0, 0.1) is 34.5 Å². The molecule has 7 rings (SSSR count). The summed E-state index contributed by atoms with van der Waals surface area (Å²) in [6.45, 7) is 6.38. The number of ether oxygens (including phenoxy) is 2. The maximum absolute atomic E-state index is 13.1. The predicted molar refractivity (Wildman–Crippen MR) is 100 cm³/mol. The van der Waals surface area contributed by atoms with Crippen molar-refractivity contribution in [3.8, 4) is 0 Å². The van der Waals surface area contributed by atoms with Crippen LogP contribution in [-0.2, 0) is 14.3 Å². The van der Waals surface area contributed by atoms with E-state index in [4.69, 9.17) is 9.47 Å². The van der Waals surface area contributed by atoms with Crippen LogP contribution in [0.5, 0.6) is 0 Å². The number of carbonyl (C=O) groups is 1. The molecular weight excluding hydrogens is 358 g/mol. The molecule has 7 fully saturated rings. The van der Waals surface area contributed by atoms with Crippen molar-refractivity contribution >= 4 is 5.97 Å². The number of piperidine rings is 1.